The van der Waals surface area contributed by atoms with Crippen molar-refractivity contribution in [2.24, 2.45) is 0 Å². The maximum Gasteiger partial charge on any atom is 0.193 e. The van der Waals surface area contributed by atoms with Crippen molar-refractivity contribution in [3.63, 3.8) is 0 Å². The minimum absolute atomic E-state index is 0.0883. The number of aliphatic hydroxyl groups is 1. The van der Waals surface area contributed by atoms with E-state index in [1.54, 1.807) is 36.4 Å². The number of rotatable bonds is 6. The van der Waals surface area contributed by atoms with Crippen LogP contribution in [0.3, 0.4) is 0 Å². The highest BCUT2D eigenvalue weighted by Crippen LogP contribution is 2.52. The van der Waals surface area contributed by atoms with Crippen LogP contribution < -0.4 is 0 Å². The van der Waals surface area contributed by atoms with Crippen LogP contribution in [0.4, 0.5) is 0 Å². The summed E-state index contributed by atoms with van der Waals surface area (Å²) in [5, 5.41) is 11.2. The molecule has 0 saturated carbocycles. The summed E-state index contributed by atoms with van der Waals surface area (Å²) >= 11 is 0. The zero-order valence-electron chi connectivity index (χ0n) is 21.7. The third-order valence-corrected chi connectivity index (χ3v) is 7.48. The van der Waals surface area contributed by atoms with Gasteiger partial charge in [-0.2, -0.15) is 0 Å². The second kappa shape index (κ2) is 10.5. The van der Waals surface area contributed by atoms with Gasteiger partial charge in [0, 0.05) is 22.3 Å². The van der Waals surface area contributed by atoms with Gasteiger partial charge in [-0.3, -0.25) is 9.59 Å². The fourth-order valence-corrected chi connectivity index (χ4v) is 5.67. The molecule has 1 aliphatic carbocycles. The summed E-state index contributed by atoms with van der Waals surface area (Å²) < 4.78 is 0. The molecule has 1 aliphatic rings. The lowest BCUT2D eigenvalue weighted by atomic mass is 9.69. The number of hydrogen-bond donors (Lipinski definition) is 1. The van der Waals surface area contributed by atoms with Gasteiger partial charge in [-0.05, 0) is 28.3 Å². The fraction of sp³-hybridized carbons (Fsp3) is 0.0270. The van der Waals surface area contributed by atoms with Crippen molar-refractivity contribution in [3.8, 4) is 0 Å². The van der Waals surface area contributed by atoms with Crippen LogP contribution in [0.15, 0.2) is 157 Å². The summed E-state index contributed by atoms with van der Waals surface area (Å²) in [5.41, 5.74) is 3.38. The maximum absolute atomic E-state index is 15.1. The predicted octanol–water partition coefficient (Wildman–Crippen LogP) is 7.84. The van der Waals surface area contributed by atoms with Gasteiger partial charge < -0.3 is 5.11 Å². The van der Waals surface area contributed by atoms with Gasteiger partial charge in [-0.25, -0.2) is 0 Å². The minimum atomic E-state index is -1.16. The van der Waals surface area contributed by atoms with Crippen LogP contribution in [0.2, 0.25) is 0 Å². The lowest BCUT2D eigenvalue weighted by molar-refractivity contribution is -0.116. The topological polar surface area (TPSA) is 54.4 Å². The molecule has 1 N–H and O–H groups in total. The Hall–Kier alpha value is -5.28. The molecular formula is C37H26O3. The van der Waals surface area contributed by atoms with E-state index < -0.39 is 5.41 Å². The summed E-state index contributed by atoms with van der Waals surface area (Å²) in [7, 11) is 0. The van der Waals surface area contributed by atoms with Gasteiger partial charge in [0.1, 0.15) is 11.2 Å². The molecule has 0 heterocycles. The molecule has 6 rings (SSSR count). The van der Waals surface area contributed by atoms with Crippen LogP contribution in [-0.2, 0) is 10.2 Å². The lowest BCUT2D eigenvalue weighted by Gasteiger charge is -2.30. The van der Waals surface area contributed by atoms with Crippen molar-refractivity contribution in [2.45, 2.75) is 5.41 Å². The van der Waals surface area contributed by atoms with Crippen LogP contribution in [0.25, 0.3) is 11.3 Å². The molecule has 5 aromatic rings. The van der Waals surface area contributed by atoms with Gasteiger partial charge in [0.25, 0.3) is 0 Å². The standard InChI is InChI=1S/C37H26O3/c38-33(26-15-5-1-6-16-26)25-31(35(39)27-17-7-2-8-18-27)34-30-23-13-14-24-32(30)37(36(34)40,28-19-9-3-10-20-28)29-21-11-4-12-22-29/h1-25,38H/b33-25-,34-31-. The van der Waals surface area contributed by atoms with Crippen molar-refractivity contribution in [1.82, 2.24) is 0 Å². The quantitative estimate of drug-likeness (QED) is 0.142. The Morgan fingerprint density at radius 1 is 0.575 bits per heavy atom. The molecule has 0 aromatic heterocycles. The summed E-state index contributed by atoms with van der Waals surface area (Å²) in [6, 6.07) is 44.9. The number of carbonyl (C=O) groups is 2. The summed E-state index contributed by atoms with van der Waals surface area (Å²) in [4.78, 5) is 29.2. The number of ketones is 2. The molecule has 0 spiro atoms. The van der Waals surface area contributed by atoms with Crippen molar-refractivity contribution in [2.75, 3.05) is 0 Å². The van der Waals surface area contributed by atoms with Crippen LogP contribution in [0, 0.1) is 0 Å². The number of Topliss-reactive ketones (excluding diaryl/α,β-unsaturated/α-hetero) is 2. The Morgan fingerprint density at radius 2 is 1.02 bits per heavy atom. The number of carbonyl (C=O) groups excluding carboxylic acids is 2. The van der Waals surface area contributed by atoms with Crippen molar-refractivity contribution in [3.05, 3.63) is 191 Å². The Bertz CT molecular complexity index is 1710. The van der Waals surface area contributed by atoms with E-state index in [4.69, 9.17) is 0 Å². The average Bonchev–Trinajstić information content (AvgIpc) is 3.29. The van der Waals surface area contributed by atoms with Crippen LogP contribution in [-0.4, -0.2) is 16.7 Å². The molecule has 0 radical (unpaired) electrons. The maximum atomic E-state index is 15.1. The Kier molecular flexibility index (Phi) is 6.55. The van der Waals surface area contributed by atoms with E-state index in [9.17, 15) is 9.90 Å². The van der Waals surface area contributed by atoms with Gasteiger partial charge in [0.05, 0.1) is 0 Å². The smallest absolute Gasteiger partial charge is 0.193 e. The normalized spacial score (nSPS) is 15.4. The SMILES string of the molecule is O=C(C(/C=C(\O)c1ccccc1)=C1\C(=O)C(c2ccccc2)(c2ccccc2)c2ccccc21)c1ccccc1. The van der Waals surface area contributed by atoms with Gasteiger partial charge >= 0.3 is 0 Å². The van der Waals surface area contributed by atoms with E-state index in [0.29, 0.717) is 22.3 Å². The van der Waals surface area contributed by atoms with Gasteiger partial charge in [-0.15, -0.1) is 0 Å². The number of aliphatic hydroxyl groups excluding tert-OH is 1. The summed E-state index contributed by atoms with van der Waals surface area (Å²) in [6.07, 6.45) is 1.45. The second-order valence-electron chi connectivity index (χ2n) is 9.74. The summed E-state index contributed by atoms with van der Waals surface area (Å²) in [5.74, 6) is -0.629. The Balaban J connectivity index is 1.70. The molecule has 3 nitrogen and oxygen atoms in total. The van der Waals surface area contributed by atoms with Crippen molar-refractivity contribution < 1.29 is 14.7 Å². The van der Waals surface area contributed by atoms with E-state index >= 15 is 4.79 Å². The van der Waals surface area contributed by atoms with Crippen LogP contribution in [0.1, 0.15) is 38.2 Å². The molecule has 3 heteroatoms. The summed E-state index contributed by atoms with van der Waals surface area (Å²) in [6.45, 7) is 0. The number of hydrogen-bond acceptors (Lipinski definition) is 3. The van der Waals surface area contributed by atoms with Crippen LogP contribution in [0.5, 0.6) is 0 Å². The number of benzene rings is 5. The van der Waals surface area contributed by atoms with Crippen LogP contribution >= 0.6 is 0 Å². The largest absolute Gasteiger partial charge is 0.507 e. The second-order valence-corrected chi connectivity index (χ2v) is 9.74. The van der Waals surface area contributed by atoms with E-state index in [2.05, 4.69) is 0 Å². The predicted molar refractivity (Wildman–Crippen MR) is 159 cm³/mol. The molecule has 0 bridgehead atoms. The number of fused-ring (bicyclic) bond motifs is 1. The average molecular weight is 519 g/mol. The third kappa shape index (κ3) is 4.09. The molecule has 40 heavy (non-hydrogen) atoms. The first-order chi connectivity index (χ1) is 19.6. The molecular weight excluding hydrogens is 492 g/mol. The molecule has 0 unspecified atom stereocenters. The monoisotopic (exact) mass is 518 g/mol. The first-order valence-corrected chi connectivity index (χ1v) is 13.2. The number of allylic oxidation sites excluding steroid dienone is 3. The molecule has 5 aromatic carbocycles. The lowest BCUT2D eigenvalue weighted by Crippen LogP contribution is -2.35. The molecule has 0 atom stereocenters. The molecule has 0 fully saturated rings. The molecule has 0 aliphatic heterocycles. The first kappa shape index (κ1) is 25.0. The van der Waals surface area contributed by atoms with Crippen molar-refractivity contribution in [1.29, 1.82) is 0 Å². The van der Waals surface area contributed by atoms with E-state index in [0.717, 1.165) is 16.7 Å². The van der Waals surface area contributed by atoms with E-state index in [-0.39, 0.29) is 22.9 Å². The van der Waals surface area contributed by atoms with E-state index in [1.807, 2.05) is 109 Å². The highest BCUT2D eigenvalue weighted by atomic mass is 16.3. The zero-order valence-corrected chi connectivity index (χ0v) is 21.7. The third-order valence-electron chi connectivity index (χ3n) is 7.48. The van der Waals surface area contributed by atoms with E-state index in [1.165, 1.54) is 6.08 Å². The Morgan fingerprint density at radius 3 is 1.57 bits per heavy atom. The highest BCUT2D eigenvalue weighted by Gasteiger charge is 2.52. The highest BCUT2D eigenvalue weighted by molar-refractivity contribution is 6.38. The van der Waals surface area contributed by atoms with Gasteiger partial charge in [0.15, 0.2) is 11.6 Å². The minimum Gasteiger partial charge on any atom is -0.507 e. The molecule has 192 valence electrons. The zero-order chi connectivity index (χ0) is 27.5. The van der Waals surface area contributed by atoms with Gasteiger partial charge in [0.2, 0.25) is 0 Å². The molecule has 0 saturated heterocycles. The molecule has 0 amide bonds. The van der Waals surface area contributed by atoms with Gasteiger partial charge in [-0.1, -0.05) is 146 Å². The Labute approximate surface area is 233 Å². The van der Waals surface area contributed by atoms with Crippen molar-refractivity contribution >= 4 is 22.9 Å². The fourth-order valence-electron chi connectivity index (χ4n) is 5.67. The first-order valence-electron chi connectivity index (χ1n) is 13.2.